The molecule has 1 amide bonds. The predicted molar refractivity (Wildman–Crippen MR) is 205 cm³/mol. The minimum Gasteiger partial charge on any atom is -0.481 e. The number of carboxylic acid groups (broad SMARTS) is 1. The fraction of sp³-hybridized carbons (Fsp3) is 0.674. The van der Waals surface area contributed by atoms with Crippen molar-refractivity contribution in [1.82, 2.24) is 10.2 Å². The second kappa shape index (κ2) is 26.1. The normalized spacial score (nSPS) is 17.5. The fourth-order valence-electron chi connectivity index (χ4n) is 6.84. The number of ether oxygens (including phenoxy) is 2. The zero-order chi connectivity index (χ0) is 36.5. The van der Waals surface area contributed by atoms with Crippen LogP contribution in [-0.2, 0) is 32.2 Å². The highest BCUT2D eigenvalue weighted by molar-refractivity contribution is 5.75. The molecule has 8 heteroatoms. The Hall–Kier alpha value is -2.78. The number of rotatable bonds is 28. The van der Waals surface area contributed by atoms with E-state index in [4.69, 9.17) is 14.6 Å². The Bertz CT molecular complexity index is 1190. The number of aliphatic hydroxyl groups excluding tert-OH is 1. The van der Waals surface area contributed by atoms with E-state index in [1.807, 2.05) is 36.4 Å². The Morgan fingerprint density at radius 2 is 1.22 bits per heavy atom. The van der Waals surface area contributed by atoms with Crippen molar-refractivity contribution in [3.05, 3.63) is 70.8 Å². The van der Waals surface area contributed by atoms with Crippen molar-refractivity contribution in [3.63, 3.8) is 0 Å². The lowest BCUT2D eigenvalue weighted by Gasteiger charge is -2.38. The minimum absolute atomic E-state index is 0.0145. The van der Waals surface area contributed by atoms with Crippen molar-refractivity contribution < 1.29 is 29.3 Å². The van der Waals surface area contributed by atoms with Gasteiger partial charge in [0.15, 0.2) is 6.29 Å². The number of carboxylic acids is 1. The molecule has 0 aromatic heterocycles. The maximum atomic E-state index is 12.4. The first kappa shape index (κ1) is 42.6. The molecule has 2 aromatic rings. The van der Waals surface area contributed by atoms with E-state index in [0.717, 1.165) is 67.6 Å². The van der Waals surface area contributed by atoms with E-state index in [1.165, 1.54) is 77.0 Å². The van der Waals surface area contributed by atoms with Crippen molar-refractivity contribution in [2.45, 2.75) is 167 Å². The van der Waals surface area contributed by atoms with Crippen LogP contribution in [-0.4, -0.2) is 52.7 Å². The average Bonchev–Trinajstić information content (AvgIpc) is 3.14. The van der Waals surface area contributed by atoms with Crippen molar-refractivity contribution in [2.75, 3.05) is 19.6 Å². The summed E-state index contributed by atoms with van der Waals surface area (Å²) in [6.45, 7) is 8.12. The van der Waals surface area contributed by atoms with Crippen LogP contribution in [0.2, 0.25) is 0 Å². The molecule has 1 fully saturated rings. The zero-order valence-electron chi connectivity index (χ0n) is 31.8. The lowest BCUT2D eigenvalue weighted by molar-refractivity contribution is -0.253. The second-order valence-electron chi connectivity index (χ2n) is 14.5. The van der Waals surface area contributed by atoms with Gasteiger partial charge in [-0.15, -0.1) is 0 Å². The molecule has 1 aliphatic rings. The van der Waals surface area contributed by atoms with Crippen LogP contribution in [0.1, 0.15) is 170 Å². The fourth-order valence-corrected chi connectivity index (χ4v) is 6.84. The minimum atomic E-state index is -0.766. The van der Waals surface area contributed by atoms with E-state index < -0.39 is 12.3 Å². The zero-order valence-corrected chi connectivity index (χ0v) is 31.8. The van der Waals surface area contributed by atoms with Gasteiger partial charge in [-0.3, -0.25) is 9.59 Å². The third-order valence-corrected chi connectivity index (χ3v) is 10.0. The number of carbonyl (C=O) groups is 2. The first-order chi connectivity index (χ1) is 24.9. The lowest BCUT2D eigenvalue weighted by Crippen LogP contribution is -2.40. The summed E-state index contributed by atoms with van der Waals surface area (Å²) in [5.41, 5.74) is 3.97. The summed E-state index contributed by atoms with van der Waals surface area (Å²) in [5.74, 6) is -0.751. The third kappa shape index (κ3) is 18.0. The topological polar surface area (TPSA) is 108 Å². The van der Waals surface area contributed by atoms with Crippen LogP contribution >= 0.6 is 0 Å². The number of nitrogens with zero attached hydrogens (tertiary/aromatic N) is 1. The largest absolute Gasteiger partial charge is 0.481 e. The number of benzene rings is 2. The number of aliphatic carboxylic acids is 1. The molecular formula is C43H68N2O6. The Morgan fingerprint density at radius 1 is 0.686 bits per heavy atom. The van der Waals surface area contributed by atoms with Crippen LogP contribution in [0, 0.1) is 0 Å². The van der Waals surface area contributed by atoms with Gasteiger partial charge in [0.05, 0.1) is 18.8 Å². The summed E-state index contributed by atoms with van der Waals surface area (Å²) < 4.78 is 13.4. The van der Waals surface area contributed by atoms with Gasteiger partial charge in [0.25, 0.3) is 0 Å². The summed E-state index contributed by atoms with van der Waals surface area (Å²) in [6, 6.07) is 16.3. The number of aliphatic hydroxyl groups is 1. The molecule has 0 bridgehead atoms. The Morgan fingerprint density at radius 3 is 1.80 bits per heavy atom. The van der Waals surface area contributed by atoms with Gasteiger partial charge in [0.2, 0.25) is 5.91 Å². The molecule has 2 aromatic carbocycles. The summed E-state index contributed by atoms with van der Waals surface area (Å²) in [6.07, 6.45) is 19.5. The van der Waals surface area contributed by atoms with Crippen molar-refractivity contribution in [3.8, 4) is 0 Å². The summed E-state index contributed by atoms with van der Waals surface area (Å²) >= 11 is 0. The van der Waals surface area contributed by atoms with Gasteiger partial charge in [-0.05, 0) is 55.5 Å². The molecule has 1 saturated heterocycles. The van der Waals surface area contributed by atoms with Crippen LogP contribution in [0.4, 0.5) is 0 Å². The van der Waals surface area contributed by atoms with E-state index in [9.17, 15) is 14.7 Å². The maximum Gasteiger partial charge on any atom is 0.303 e. The molecule has 0 saturated carbocycles. The summed E-state index contributed by atoms with van der Waals surface area (Å²) in [4.78, 5) is 25.7. The number of hydrogen-bond acceptors (Lipinski definition) is 6. The quantitative estimate of drug-likeness (QED) is 0.0756. The van der Waals surface area contributed by atoms with Crippen LogP contribution < -0.4 is 5.32 Å². The first-order valence-electron chi connectivity index (χ1n) is 20.2. The van der Waals surface area contributed by atoms with Crippen molar-refractivity contribution in [2.24, 2.45) is 0 Å². The lowest BCUT2D eigenvalue weighted by atomic mass is 9.99. The molecule has 286 valence electrons. The molecule has 3 rings (SSSR count). The molecule has 8 nitrogen and oxygen atoms in total. The molecular weight excluding hydrogens is 640 g/mol. The Balaban J connectivity index is 1.62. The molecule has 3 atom stereocenters. The van der Waals surface area contributed by atoms with E-state index in [1.54, 1.807) is 0 Å². The van der Waals surface area contributed by atoms with Gasteiger partial charge in [-0.1, -0.05) is 139 Å². The average molecular weight is 709 g/mol. The van der Waals surface area contributed by atoms with Gasteiger partial charge in [0.1, 0.15) is 0 Å². The summed E-state index contributed by atoms with van der Waals surface area (Å²) in [5, 5.41) is 21.4. The molecule has 1 heterocycles. The number of amides is 1. The van der Waals surface area contributed by atoms with Gasteiger partial charge >= 0.3 is 5.97 Å². The molecule has 51 heavy (non-hydrogen) atoms. The van der Waals surface area contributed by atoms with Crippen molar-refractivity contribution >= 4 is 11.9 Å². The van der Waals surface area contributed by atoms with Crippen LogP contribution in [0.25, 0.3) is 0 Å². The summed E-state index contributed by atoms with van der Waals surface area (Å²) in [7, 11) is 0. The van der Waals surface area contributed by atoms with Crippen LogP contribution in [0.15, 0.2) is 48.5 Å². The van der Waals surface area contributed by atoms with E-state index in [-0.39, 0.29) is 31.1 Å². The SMILES string of the molecule is CCCCCCCCN(CCCCCCCC)C[C@@H]1C[C@H](c2ccc(CO)cc2)O[C@H](c2ccc(CNC(=O)CCCCCCC(=O)O)cc2)O1. The molecule has 0 spiro atoms. The van der Waals surface area contributed by atoms with Crippen LogP contribution in [0.5, 0.6) is 0 Å². The second-order valence-corrected chi connectivity index (χ2v) is 14.5. The Kier molecular flexibility index (Phi) is 21.8. The molecule has 0 aliphatic carbocycles. The van der Waals surface area contributed by atoms with Gasteiger partial charge in [0, 0.05) is 37.9 Å². The van der Waals surface area contributed by atoms with Crippen LogP contribution in [0.3, 0.4) is 0 Å². The standard InChI is InChI=1S/C43H68N2O6/c1-3-5-7-9-13-17-29-45(30-18-14-10-8-6-4-2)33-39-31-40(37-25-23-36(34-46)24-26-37)51-43(50-39)38-27-21-35(22-28-38)32-44-41(47)19-15-11-12-16-20-42(48)49/h21-28,39-40,43,46H,3-20,29-34H2,1-2H3,(H,44,47)(H,48,49)/t39-,40+,43+/m0/s1. The number of hydrogen-bond donors (Lipinski definition) is 3. The smallest absolute Gasteiger partial charge is 0.303 e. The molecule has 3 N–H and O–H groups in total. The van der Waals surface area contributed by atoms with Crippen molar-refractivity contribution in [1.29, 1.82) is 0 Å². The van der Waals surface area contributed by atoms with Gasteiger partial charge in [-0.2, -0.15) is 0 Å². The molecule has 0 unspecified atom stereocenters. The first-order valence-corrected chi connectivity index (χ1v) is 20.2. The van der Waals surface area contributed by atoms with E-state index >= 15 is 0 Å². The van der Waals surface area contributed by atoms with E-state index in [0.29, 0.717) is 19.4 Å². The highest BCUT2D eigenvalue weighted by atomic mass is 16.7. The van der Waals surface area contributed by atoms with Gasteiger partial charge < -0.3 is 29.9 Å². The number of carbonyl (C=O) groups excluding carboxylic acids is 1. The van der Waals surface area contributed by atoms with Gasteiger partial charge in [-0.25, -0.2) is 0 Å². The van der Waals surface area contributed by atoms with E-state index in [2.05, 4.69) is 36.2 Å². The monoisotopic (exact) mass is 709 g/mol. The molecule has 0 radical (unpaired) electrons. The molecule has 1 aliphatic heterocycles. The third-order valence-electron chi connectivity index (χ3n) is 10.0. The predicted octanol–water partition coefficient (Wildman–Crippen LogP) is 9.79. The maximum absolute atomic E-state index is 12.4. The number of unbranched alkanes of at least 4 members (excludes halogenated alkanes) is 13. The highest BCUT2D eigenvalue weighted by Gasteiger charge is 2.33. The Labute approximate surface area is 308 Å². The number of nitrogens with one attached hydrogen (secondary N) is 1. The highest BCUT2D eigenvalue weighted by Crippen LogP contribution is 2.38.